The third kappa shape index (κ3) is 4.77. The number of allylic oxidation sites excluding steroid dienone is 1. The predicted octanol–water partition coefficient (Wildman–Crippen LogP) is 5.44. The molecule has 1 aliphatic rings. The molecule has 0 aromatic heterocycles. The van der Waals surface area contributed by atoms with Crippen molar-refractivity contribution in [2.45, 2.75) is 44.9 Å². The van der Waals surface area contributed by atoms with Crippen LogP contribution in [0.15, 0.2) is 36.7 Å². The van der Waals surface area contributed by atoms with E-state index in [4.69, 9.17) is 0 Å². The normalized spacial score (nSPS) is 23.9. The molecule has 19 heavy (non-hydrogen) atoms. The van der Waals surface area contributed by atoms with Gasteiger partial charge in [0.15, 0.2) is 0 Å². The zero-order valence-corrected chi connectivity index (χ0v) is 11.3. The molecule has 1 saturated carbocycles. The molecule has 1 aromatic carbocycles. The first kappa shape index (κ1) is 14.2. The van der Waals surface area contributed by atoms with Gasteiger partial charge in [0.2, 0.25) is 0 Å². The Hall–Kier alpha value is -1.18. The van der Waals surface area contributed by atoms with E-state index in [-0.39, 0.29) is 5.82 Å². The minimum absolute atomic E-state index is 0.162. The van der Waals surface area contributed by atoms with Crippen molar-refractivity contribution in [2.24, 2.45) is 11.8 Å². The Morgan fingerprint density at radius 1 is 1.00 bits per heavy atom. The van der Waals surface area contributed by atoms with Gasteiger partial charge in [-0.25, -0.2) is 8.78 Å². The summed E-state index contributed by atoms with van der Waals surface area (Å²) in [6.45, 7) is 0. The highest BCUT2D eigenvalue weighted by Crippen LogP contribution is 2.33. The third-order valence-corrected chi connectivity index (χ3v) is 4.28. The Morgan fingerprint density at radius 2 is 1.63 bits per heavy atom. The second-order valence-corrected chi connectivity index (χ2v) is 5.65. The van der Waals surface area contributed by atoms with Crippen molar-refractivity contribution in [1.82, 2.24) is 0 Å². The Kier molecular flexibility index (Phi) is 5.56. The number of hydrogen-bond donors (Lipinski definition) is 0. The molecule has 0 radical (unpaired) electrons. The largest absolute Gasteiger partial charge is 0.216 e. The fourth-order valence-electron chi connectivity index (χ4n) is 3.02. The molecule has 1 aliphatic carbocycles. The van der Waals surface area contributed by atoms with Crippen molar-refractivity contribution >= 4 is 0 Å². The number of benzene rings is 1. The van der Waals surface area contributed by atoms with E-state index in [0.29, 0.717) is 12.2 Å². The van der Waals surface area contributed by atoms with Gasteiger partial charge in [-0.3, -0.25) is 0 Å². The quantitative estimate of drug-likeness (QED) is 0.664. The fraction of sp³-hybridized carbons (Fsp3) is 0.529. The number of halogens is 2. The molecule has 0 amide bonds. The summed E-state index contributed by atoms with van der Waals surface area (Å²) in [7, 11) is 0. The average molecular weight is 264 g/mol. The van der Waals surface area contributed by atoms with Crippen molar-refractivity contribution < 1.29 is 8.78 Å². The summed E-state index contributed by atoms with van der Waals surface area (Å²) in [6, 6.07) is 6.84. The third-order valence-electron chi connectivity index (χ3n) is 4.28. The fourth-order valence-corrected chi connectivity index (χ4v) is 3.02. The van der Waals surface area contributed by atoms with Crippen molar-refractivity contribution in [3.05, 3.63) is 48.1 Å². The molecule has 0 atom stereocenters. The molecule has 0 bridgehead atoms. The van der Waals surface area contributed by atoms with E-state index < -0.39 is 0 Å². The van der Waals surface area contributed by atoms with Gasteiger partial charge in [0, 0.05) is 0 Å². The minimum atomic E-state index is -0.162. The Labute approximate surface area is 114 Å². The van der Waals surface area contributed by atoms with Crippen LogP contribution in [0.4, 0.5) is 8.78 Å². The molecule has 0 unspecified atom stereocenters. The molecule has 0 nitrogen and oxygen atoms in total. The second-order valence-electron chi connectivity index (χ2n) is 5.65. The van der Waals surface area contributed by atoms with Gasteiger partial charge in [-0.05, 0) is 61.6 Å². The summed E-state index contributed by atoms with van der Waals surface area (Å²) in [5.74, 6) is 1.30. The van der Waals surface area contributed by atoms with Gasteiger partial charge in [0.1, 0.15) is 5.82 Å². The van der Waals surface area contributed by atoms with Crippen LogP contribution in [0.2, 0.25) is 0 Å². The topological polar surface area (TPSA) is 0 Å². The Balaban J connectivity index is 1.69. The van der Waals surface area contributed by atoms with Crippen LogP contribution in [0.25, 0.3) is 0 Å². The molecule has 0 spiro atoms. The van der Waals surface area contributed by atoms with E-state index in [0.717, 1.165) is 18.8 Å². The number of rotatable bonds is 5. The maximum absolute atomic E-state index is 12.8. The molecule has 104 valence electrons. The van der Waals surface area contributed by atoms with E-state index in [2.05, 4.69) is 0 Å². The number of aryl methyl sites for hydroxylation is 1. The summed E-state index contributed by atoms with van der Waals surface area (Å²) in [6.07, 6.45) is 10.4. The highest BCUT2D eigenvalue weighted by molar-refractivity contribution is 5.16. The summed E-state index contributed by atoms with van der Waals surface area (Å²) in [5, 5.41) is 0. The van der Waals surface area contributed by atoms with E-state index in [1.807, 2.05) is 12.1 Å². The standard InChI is InChI=1S/C17H22F2/c18-13-1-2-14-3-5-15(6-4-14)7-8-16-9-11-17(19)12-10-16/h1,9-15H,2-8H2/b13-1+/t14-,15-. The highest BCUT2D eigenvalue weighted by Gasteiger charge is 2.20. The van der Waals surface area contributed by atoms with Gasteiger partial charge in [-0.2, -0.15) is 0 Å². The minimum Gasteiger partial charge on any atom is -0.216 e. The monoisotopic (exact) mass is 264 g/mol. The number of hydrogen-bond acceptors (Lipinski definition) is 0. The zero-order chi connectivity index (χ0) is 13.5. The van der Waals surface area contributed by atoms with E-state index >= 15 is 0 Å². The van der Waals surface area contributed by atoms with Gasteiger partial charge < -0.3 is 0 Å². The average Bonchev–Trinajstić information content (AvgIpc) is 2.46. The van der Waals surface area contributed by atoms with Crippen molar-refractivity contribution in [2.75, 3.05) is 0 Å². The van der Waals surface area contributed by atoms with Crippen LogP contribution in [0.3, 0.4) is 0 Å². The first-order valence-corrected chi connectivity index (χ1v) is 7.27. The van der Waals surface area contributed by atoms with Crippen LogP contribution in [-0.2, 0) is 6.42 Å². The molecular formula is C17H22F2. The van der Waals surface area contributed by atoms with Gasteiger partial charge in [0.05, 0.1) is 6.33 Å². The lowest BCUT2D eigenvalue weighted by molar-refractivity contribution is 0.264. The molecule has 1 aromatic rings. The highest BCUT2D eigenvalue weighted by atomic mass is 19.1. The van der Waals surface area contributed by atoms with E-state index in [9.17, 15) is 8.78 Å². The first-order valence-electron chi connectivity index (χ1n) is 7.27. The predicted molar refractivity (Wildman–Crippen MR) is 75.0 cm³/mol. The lowest BCUT2D eigenvalue weighted by atomic mass is 9.78. The Bertz CT molecular complexity index is 386. The van der Waals surface area contributed by atoms with Crippen LogP contribution in [0.5, 0.6) is 0 Å². The molecule has 0 saturated heterocycles. The second kappa shape index (κ2) is 7.42. The zero-order valence-electron chi connectivity index (χ0n) is 11.3. The molecule has 0 heterocycles. The SMILES string of the molecule is F/C=C/C[C@H]1CC[C@H](CCc2ccc(F)cc2)CC1. The molecule has 2 rings (SSSR count). The lowest BCUT2D eigenvalue weighted by Crippen LogP contribution is -2.14. The summed E-state index contributed by atoms with van der Waals surface area (Å²) in [5.41, 5.74) is 1.23. The van der Waals surface area contributed by atoms with Crippen LogP contribution >= 0.6 is 0 Å². The molecule has 0 N–H and O–H groups in total. The van der Waals surface area contributed by atoms with Crippen LogP contribution < -0.4 is 0 Å². The van der Waals surface area contributed by atoms with Gasteiger partial charge >= 0.3 is 0 Å². The van der Waals surface area contributed by atoms with Crippen molar-refractivity contribution in [3.8, 4) is 0 Å². The first-order chi connectivity index (χ1) is 9.28. The summed E-state index contributed by atoms with van der Waals surface area (Å²) < 4.78 is 24.7. The van der Waals surface area contributed by atoms with Gasteiger partial charge in [-0.15, -0.1) is 0 Å². The molecule has 1 fully saturated rings. The van der Waals surface area contributed by atoms with Crippen LogP contribution in [0.1, 0.15) is 44.1 Å². The molecule has 2 heteroatoms. The lowest BCUT2D eigenvalue weighted by Gasteiger charge is -2.27. The van der Waals surface area contributed by atoms with Crippen molar-refractivity contribution in [1.29, 1.82) is 0 Å². The van der Waals surface area contributed by atoms with Crippen LogP contribution in [0, 0.1) is 17.7 Å². The summed E-state index contributed by atoms with van der Waals surface area (Å²) in [4.78, 5) is 0. The molecule has 0 aliphatic heterocycles. The van der Waals surface area contributed by atoms with Gasteiger partial charge in [0.25, 0.3) is 0 Å². The van der Waals surface area contributed by atoms with E-state index in [1.54, 1.807) is 6.08 Å². The smallest absolute Gasteiger partial charge is 0.123 e. The van der Waals surface area contributed by atoms with E-state index in [1.165, 1.54) is 49.8 Å². The van der Waals surface area contributed by atoms with Crippen molar-refractivity contribution in [3.63, 3.8) is 0 Å². The maximum Gasteiger partial charge on any atom is 0.123 e. The summed E-state index contributed by atoms with van der Waals surface area (Å²) >= 11 is 0. The molecular weight excluding hydrogens is 242 g/mol. The maximum atomic E-state index is 12.8. The van der Waals surface area contributed by atoms with Gasteiger partial charge in [-0.1, -0.05) is 31.1 Å². The van der Waals surface area contributed by atoms with Crippen LogP contribution in [-0.4, -0.2) is 0 Å². The Morgan fingerprint density at radius 3 is 2.26 bits per heavy atom.